The van der Waals surface area contributed by atoms with Gasteiger partial charge in [-0.05, 0) is 5.54 Å². The minimum Gasteiger partial charge on any atom is -0.358 e. The van der Waals surface area contributed by atoms with Crippen LogP contribution in [0.15, 0.2) is 47.1 Å². The molecule has 1 fully saturated rings. The van der Waals surface area contributed by atoms with Crippen LogP contribution >= 0.6 is 0 Å². The van der Waals surface area contributed by atoms with Gasteiger partial charge in [0.05, 0.1) is 8.07 Å². The second-order valence-electron chi connectivity index (χ2n) is 8.03. The van der Waals surface area contributed by atoms with Crippen LogP contribution in [0.1, 0.15) is 59.8 Å². The SMILES string of the molecule is CC1=[C-]C(C)([Si](C)(c2ccccc2)C2CCCCC2)C(C)=C1C.[CH3-].[CH3-].[CH3-].[Ti+4]. The molecule has 0 spiro atoms. The smallest absolute Gasteiger partial charge is 0.358 e. The molecule has 0 nitrogen and oxygen atoms in total. The molecule has 3 rings (SSSR count). The van der Waals surface area contributed by atoms with Gasteiger partial charge < -0.3 is 22.3 Å². The largest absolute Gasteiger partial charge is 4.00 e. The Labute approximate surface area is 186 Å². The molecule has 0 N–H and O–H groups in total. The van der Waals surface area contributed by atoms with Gasteiger partial charge in [-0.15, -0.1) is 6.92 Å². The molecule has 2 aliphatic carbocycles. The zero-order valence-electron chi connectivity index (χ0n) is 19.0. The van der Waals surface area contributed by atoms with Gasteiger partial charge in [-0.25, -0.2) is 5.57 Å². The second kappa shape index (κ2) is 11.0. The molecule has 1 saturated carbocycles. The molecule has 1 aromatic carbocycles. The van der Waals surface area contributed by atoms with Crippen LogP contribution in [0, 0.1) is 28.4 Å². The number of hydrogen-bond acceptors (Lipinski definition) is 0. The second-order valence-corrected chi connectivity index (χ2v) is 12.8. The van der Waals surface area contributed by atoms with Crippen molar-refractivity contribution in [2.75, 3.05) is 0 Å². The third kappa shape index (κ3) is 4.62. The molecule has 0 radical (unpaired) electrons. The average Bonchev–Trinajstić information content (AvgIpc) is 2.80. The quantitative estimate of drug-likeness (QED) is 0.353. The summed E-state index contributed by atoms with van der Waals surface area (Å²) in [5.74, 6) is 0. The summed E-state index contributed by atoms with van der Waals surface area (Å²) in [6.45, 7) is 12.1. The Kier molecular flexibility index (Phi) is 11.7. The molecular weight excluding hydrogens is 376 g/mol. The first-order chi connectivity index (χ1) is 10.9. The predicted molar refractivity (Wildman–Crippen MR) is 123 cm³/mol. The minimum absolute atomic E-state index is 0. The van der Waals surface area contributed by atoms with Gasteiger partial charge >= 0.3 is 21.7 Å². The fraction of sp³-hybridized carbons (Fsp3) is 0.480. The van der Waals surface area contributed by atoms with E-state index >= 15 is 0 Å². The van der Waals surface area contributed by atoms with Crippen molar-refractivity contribution in [1.29, 1.82) is 0 Å². The van der Waals surface area contributed by atoms with Crippen molar-refractivity contribution >= 4 is 13.3 Å². The number of hydrogen-bond donors (Lipinski definition) is 0. The van der Waals surface area contributed by atoms with Gasteiger partial charge in [0.15, 0.2) is 0 Å². The van der Waals surface area contributed by atoms with Gasteiger partial charge in [-0.3, -0.25) is 6.08 Å². The minimum atomic E-state index is -1.75. The van der Waals surface area contributed by atoms with Crippen molar-refractivity contribution in [3.63, 3.8) is 0 Å². The molecule has 0 aliphatic heterocycles. The molecular formula is C25H40SiTi. The fourth-order valence-corrected chi connectivity index (χ4v) is 10.9. The van der Waals surface area contributed by atoms with Crippen LogP contribution in [-0.2, 0) is 21.7 Å². The third-order valence-electron chi connectivity index (χ3n) is 7.15. The van der Waals surface area contributed by atoms with Crippen LogP contribution in [0.2, 0.25) is 17.1 Å². The van der Waals surface area contributed by atoms with Gasteiger partial charge in [0.1, 0.15) is 0 Å². The van der Waals surface area contributed by atoms with E-state index in [1.165, 1.54) is 43.3 Å². The molecule has 27 heavy (non-hydrogen) atoms. The van der Waals surface area contributed by atoms with Crippen molar-refractivity contribution in [3.8, 4) is 0 Å². The summed E-state index contributed by atoms with van der Waals surface area (Å²) in [5.41, 5.74) is 5.33. The van der Waals surface area contributed by atoms with Gasteiger partial charge in [0.25, 0.3) is 0 Å². The van der Waals surface area contributed by atoms with Crippen LogP contribution < -0.4 is 5.19 Å². The Bertz CT molecular complexity index is 640. The molecule has 0 saturated heterocycles. The Balaban J connectivity index is 0. The summed E-state index contributed by atoms with van der Waals surface area (Å²) in [6, 6.07) is 11.5. The first-order valence-corrected chi connectivity index (χ1v) is 11.8. The number of rotatable bonds is 3. The van der Waals surface area contributed by atoms with E-state index in [-0.39, 0.29) is 49.0 Å². The molecule has 0 bridgehead atoms. The molecule has 0 heterocycles. The van der Waals surface area contributed by atoms with Crippen molar-refractivity contribution in [1.82, 2.24) is 0 Å². The Hall–Kier alpha value is -0.369. The number of benzene rings is 1. The molecule has 2 heteroatoms. The molecule has 148 valence electrons. The van der Waals surface area contributed by atoms with Crippen LogP contribution in [0.25, 0.3) is 0 Å². The fourth-order valence-electron chi connectivity index (χ4n) is 5.14. The normalized spacial score (nSPS) is 24.4. The van der Waals surface area contributed by atoms with Gasteiger partial charge in [-0.1, -0.05) is 100.0 Å². The Morgan fingerprint density at radius 3 is 1.89 bits per heavy atom. The molecule has 0 aromatic heterocycles. The van der Waals surface area contributed by atoms with E-state index in [0.717, 1.165) is 5.54 Å². The van der Waals surface area contributed by atoms with Crippen molar-refractivity contribution in [3.05, 3.63) is 75.4 Å². The maximum atomic E-state index is 3.97. The van der Waals surface area contributed by atoms with Crippen LogP contribution in [0.5, 0.6) is 0 Å². The Morgan fingerprint density at radius 2 is 1.44 bits per heavy atom. The molecule has 0 amide bonds. The van der Waals surface area contributed by atoms with Gasteiger partial charge in [0, 0.05) is 0 Å². The van der Waals surface area contributed by atoms with Gasteiger partial charge in [-0.2, -0.15) is 11.1 Å². The first kappa shape index (κ1) is 28.8. The monoisotopic (exact) mass is 416 g/mol. The first-order valence-electron chi connectivity index (χ1n) is 9.27. The summed E-state index contributed by atoms with van der Waals surface area (Å²) in [6.07, 6.45) is 11.1. The van der Waals surface area contributed by atoms with E-state index in [0.29, 0.717) is 0 Å². The average molecular weight is 417 g/mol. The maximum Gasteiger partial charge on any atom is 4.00 e. The van der Waals surface area contributed by atoms with Gasteiger partial charge in [0.2, 0.25) is 0 Å². The molecule has 2 atom stereocenters. The van der Waals surface area contributed by atoms with E-state index in [2.05, 4.69) is 70.6 Å². The third-order valence-corrected chi connectivity index (χ3v) is 13.5. The predicted octanol–water partition coefficient (Wildman–Crippen LogP) is 7.51. The summed E-state index contributed by atoms with van der Waals surface area (Å²) in [7, 11) is -1.75. The molecule has 2 aliphatic rings. The van der Waals surface area contributed by atoms with Crippen molar-refractivity contribution < 1.29 is 21.7 Å². The molecule has 1 aromatic rings. The topological polar surface area (TPSA) is 0 Å². The van der Waals surface area contributed by atoms with E-state index < -0.39 is 8.07 Å². The van der Waals surface area contributed by atoms with Crippen molar-refractivity contribution in [2.24, 2.45) is 0 Å². The number of allylic oxidation sites excluding steroid dienone is 4. The van der Waals surface area contributed by atoms with E-state index in [9.17, 15) is 0 Å². The van der Waals surface area contributed by atoms with Crippen LogP contribution in [-0.4, -0.2) is 8.07 Å². The standard InChI is InChI=1S/C22H31Si.3CH3.Ti/c1-17-16-22(4,19(3)18(17)2)23(5,20-12-8-6-9-13-20)21-14-10-7-11-15-21;;;;/h6,8-9,12-13,21H,7,10-11,14-15H2,1-5H3;3*1H3;/q4*-1;+4. The van der Waals surface area contributed by atoms with Crippen LogP contribution in [0.3, 0.4) is 0 Å². The van der Waals surface area contributed by atoms with Crippen LogP contribution in [0.4, 0.5) is 0 Å². The molecule has 2 unspecified atom stereocenters. The maximum absolute atomic E-state index is 3.97. The summed E-state index contributed by atoms with van der Waals surface area (Å²) >= 11 is 0. The van der Waals surface area contributed by atoms with E-state index in [4.69, 9.17) is 0 Å². The Morgan fingerprint density at radius 1 is 0.926 bits per heavy atom. The summed E-state index contributed by atoms with van der Waals surface area (Å²) < 4.78 is 0. The van der Waals surface area contributed by atoms with Crippen molar-refractivity contribution in [2.45, 2.75) is 76.9 Å². The summed E-state index contributed by atoms with van der Waals surface area (Å²) in [4.78, 5) is 0. The van der Waals surface area contributed by atoms with E-state index in [1.54, 1.807) is 10.8 Å². The zero-order chi connectivity index (χ0) is 16.7. The van der Waals surface area contributed by atoms with E-state index in [1.807, 2.05) is 0 Å². The summed E-state index contributed by atoms with van der Waals surface area (Å²) in [5, 5.41) is 1.77. The zero-order valence-corrected chi connectivity index (χ0v) is 21.6.